The molecule has 1 heterocycles. The van der Waals surface area contributed by atoms with Gasteiger partial charge in [0.25, 0.3) is 0 Å². The van der Waals surface area contributed by atoms with Crippen molar-refractivity contribution in [2.45, 2.75) is 12.8 Å². The van der Waals surface area contributed by atoms with E-state index in [1.165, 1.54) is 11.3 Å². The van der Waals surface area contributed by atoms with Crippen molar-refractivity contribution in [3.05, 3.63) is 60.4 Å². The van der Waals surface area contributed by atoms with Crippen LogP contribution in [-0.4, -0.2) is 31.7 Å². The molecule has 0 radical (unpaired) electrons. The number of rotatable bonds is 8. The summed E-state index contributed by atoms with van der Waals surface area (Å²) >= 11 is 0. The standard InChI is InChI=1S/C17H23N3/c1-20(17-8-3-2-4-9-17)14-6-12-18-13-10-16-7-5-11-19-15-16/h2-5,7-9,11,15,18H,6,10,12-14H2,1H3. The maximum absolute atomic E-state index is 4.12. The van der Waals surface area contributed by atoms with Gasteiger partial charge >= 0.3 is 0 Å². The third-order valence-electron chi connectivity index (χ3n) is 3.36. The van der Waals surface area contributed by atoms with Gasteiger partial charge in [-0.05, 0) is 49.7 Å². The maximum atomic E-state index is 4.12. The van der Waals surface area contributed by atoms with Crippen LogP contribution in [0.25, 0.3) is 0 Å². The summed E-state index contributed by atoms with van der Waals surface area (Å²) in [4.78, 5) is 6.42. The van der Waals surface area contributed by atoms with E-state index < -0.39 is 0 Å². The van der Waals surface area contributed by atoms with Crippen LogP contribution in [0.1, 0.15) is 12.0 Å². The van der Waals surface area contributed by atoms with Crippen LogP contribution in [0.2, 0.25) is 0 Å². The van der Waals surface area contributed by atoms with E-state index >= 15 is 0 Å². The Morgan fingerprint density at radius 1 is 1.05 bits per heavy atom. The Hall–Kier alpha value is -1.87. The first-order valence-corrected chi connectivity index (χ1v) is 7.22. The lowest BCUT2D eigenvalue weighted by Crippen LogP contribution is -2.25. The van der Waals surface area contributed by atoms with Crippen LogP contribution < -0.4 is 10.2 Å². The number of hydrogen-bond donors (Lipinski definition) is 1. The lowest BCUT2D eigenvalue weighted by Gasteiger charge is -2.19. The number of aromatic nitrogens is 1. The number of benzene rings is 1. The molecule has 1 aromatic heterocycles. The van der Waals surface area contributed by atoms with Crippen molar-refractivity contribution in [3.8, 4) is 0 Å². The fraction of sp³-hybridized carbons (Fsp3) is 0.353. The van der Waals surface area contributed by atoms with Crippen molar-refractivity contribution in [2.24, 2.45) is 0 Å². The van der Waals surface area contributed by atoms with Crippen molar-refractivity contribution < 1.29 is 0 Å². The van der Waals surface area contributed by atoms with Gasteiger partial charge in [-0.3, -0.25) is 4.98 Å². The number of hydrogen-bond acceptors (Lipinski definition) is 3. The van der Waals surface area contributed by atoms with Gasteiger partial charge in [0.1, 0.15) is 0 Å². The Morgan fingerprint density at radius 2 is 1.90 bits per heavy atom. The van der Waals surface area contributed by atoms with Crippen LogP contribution >= 0.6 is 0 Å². The number of para-hydroxylation sites is 1. The molecule has 0 fully saturated rings. The zero-order valence-electron chi connectivity index (χ0n) is 12.1. The minimum atomic E-state index is 1.01. The van der Waals surface area contributed by atoms with Gasteiger partial charge in [-0.25, -0.2) is 0 Å². The molecule has 0 aliphatic carbocycles. The van der Waals surface area contributed by atoms with Crippen LogP contribution in [0, 0.1) is 0 Å². The molecule has 3 heteroatoms. The summed E-state index contributed by atoms with van der Waals surface area (Å²) in [5.41, 5.74) is 2.57. The van der Waals surface area contributed by atoms with Crippen LogP contribution in [0.15, 0.2) is 54.9 Å². The maximum Gasteiger partial charge on any atom is 0.0363 e. The normalized spacial score (nSPS) is 10.4. The van der Waals surface area contributed by atoms with E-state index in [1.807, 2.05) is 18.5 Å². The quantitative estimate of drug-likeness (QED) is 0.747. The molecule has 0 saturated carbocycles. The predicted octanol–water partition coefficient (Wildman–Crippen LogP) is 2.74. The summed E-state index contributed by atoms with van der Waals surface area (Å²) in [5, 5.41) is 3.49. The number of nitrogens with one attached hydrogen (secondary N) is 1. The molecule has 0 bridgehead atoms. The predicted molar refractivity (Wildman–Crippen MR) is 85.1 cm³/mol. The third kappa shape index (κ3) is 5.02. The summed E-state index contributed by atoms with van der Waals surface area (Å²) in [5.74, 6) is 0. The molecule has 2 rings (SSSR count). The second-order valence-electron chi connectivity index (χ2n) is 4.97. The molecule has 1 N–H and O–H groups in total. The first-order valence-electron chi connectivity index (χ1n) is 7.22. The van der Waals surface area contributed by atoms with Gasteiger partial charge in [-0.15, -0.1) is 0 Å². The van der Waals surface area contributed by atoms with Crippen molar-refractivity contribution in [1.82, 2.24) is 10.3 Å². The Labute approximate surface area is 121 Å². The molecule has 0 spiro atoms. The minimum Gasteiger partial charge on any atom is -0.375 e. The Balaban J connectivity index is 1.56. The molecule has 0 atom stereocenters. The van der Waals surface area contributed by atoms with E-state index in [-0.39, 0.29) is 0 Å². The van der Waals surface area contributed by atoms with E-state index in [0.29, 0.717) is 0 Å². The number of anilines is 1. The molecule has 0 unspecified atom stereocenters. The second-order valence-corrected chi connectivity index (χ2v) is 4.97. The molecule has 0 amide bonds. The van der Waals surface area contributed by atoms with Crippen molar-refractivity contribution in [1.29, 1.82) is 0 Å². The smallest absolute Gasteiger partial charge is 0.0363 e. The first-order chi connectivity index (χ1) is 9.86. The minimum absolute atomic E-state index is 1.01. The SMILES string of the molecule is CN(CCCNCCc1cccnc1)c1ccccc1. The second kappa shape index (κ2) is 8.33. The highest BCUT2D eigenvalue weighted by Crippen LogP contribution is 2.10. The molecule has 1 aromatic carbocycles. The molecule has 20 heavy (non-hydrogen) atoms. The topological polar surface area (TPSA) is 28.2 Å². The lowest BCUT2D eigenvalue weighted by molar-refractivity contribution is 0.644. The van der Waals surface area contributed by atoms with Gasteiger partial charge in [0, 0.05) is 31.7 Å². The number of nitrogens with zero attached hydrogens (tertiary/aromatic N) is 2. The highest BCUT2D eigenvalue weighted by Gasteiger charge is 1.98. The average molecular weight is 269 g/mol. The van der Waals surface area contributed by atoms with Crippen LogP contribution in [-0.2, 0) is 6.42 Å². The largest absolute Gasteiger partial charge is 0.375 e. The zero-order valence-corrected chi connectivity index (χ0v) is 12.1. The Morgan fingerprint density at radius 3 is 2.65 bits per heavy atom. The summed E-state index contributed by atoms with van der Waals surface area (Å²) in [6, 6.07) is 14.6. The Bertz CT molecular complexity index is 470. The average Bonchev–Trinajstić information content (AvgIpc) is 2.52. The van der Waals surface area contributed by atoms with Gasteiger partial charge in [0.05, 0.1) is 0 Å². The molecule has 0 saturated heterocycles. The highest BCUT2D eigenvalue weighted by atomic mass is 15.1. The van der Waals surface area contributed by atoms with E-state index in [9.17, 15) is 0 Å². The highest BCUT2D eigenvalue weighted by molar-refractivity contribution is 5.44. The molecule has 2 aromatic rings. The third-order valence-corrected chi connectivity index (χ3v) is 3.36. The molecule has 0 aliphatic rings. The van der Waals surface area contributed by atoms with Crippen molar-refractivity contribution in [3.63, 3.8) is 0 Å². The van der Waals surface area contributed by atoms with Crippen molar-refractivity contribution in [2.75, 3.05) is 31.6 Å². The van der Waals surface area contributed by atoms with E-state index in [1.54, 1.807) is 0 Å². The summed E-state index contributed by atoms with van der Waals surface area (Å²) in [6.07, 6.45) is 5.95. The van der Waals surface area contributed by atoms with Gasteiger partial charge in [-0.2, -0.15) is 0 Å². The monoisotopic (exact) mass is 269 g/mol. The summed E-state index contributed by atoms with van der Waals surface area (Å²) in [7, 11) is 2.14. The molecule has 0 aliphatic heterocycles. The van der Waals surface area contributed by atoms with E-state index in [4.69, 9.17) is 0 Å². The summed E-state index contributed by atoms with van der Waals surface area (Å²) < 4.78 is 0. The van der Waals surface area contributed by atoms with E-state index in [2.05, 4.69) is 58.6 Å². The van der Waals surface area contributed by atoms with Crippen molar-refractivity contribution >= 4 is 5.69 Å². The van der Waals surface area contributed by atoms with Gasteiger partial charge in [-0.1, -0.05) is 24.3 Å². The first kappa shape index (κ1) is 14.5. The lowest BCUT2D eigenvalue weighted by atomic mass is 10.2. The molecular formula is C17H23N3. The van der Waals surface area contributed by atoms with Gasteiger partial charge < -0.3 is 10.2 Å². The number of pyridine rings is 1. The zero-order chi connectivity index (χ0) is 14.0. The van der Waals surface area contributed by atoms with E-state index in [0.717, 1.165) is 32.5 Å². The Kier molecular flexibility index (Phi) is 6.06. The molecular weight excluding hydrogens is 246 g/mol. The summed E-state index contributed by atoms with van der Waals surface area (Å²) in [6.45, 7) is 3.14. The molecule has 3 nitrogen and oxygen atoms in total. The van der Waals surface area contributed by atoms with Crippen LogP contribution in [0.3, 0.4) is 0 Å². The van der Waals surface area contributed by atoms with Gasteiger partial charge in [0.15, 0.2) is 0 Å². The van der Waals surface area contributed by atoms with Crippen LogP contribution in [0.4, 0.5) is 5.69 Å². The molecule has 106 valence electrons. The van der Waals surface area contributed by atoms with Crippen LogP contribution in [0.5, 0.6) is 0 Å². The van der Waals surface area contributed by atoms with Gasteiger partial charge in [0.2, 0.25) is 0 Å². The fourth-order valence-electron chi connectivity index (χ4n) is 2.16. The fourth-order valence-corrected chi connectivity index (χ4v) is 2.16.